The number of nitrogen functional groups attached to an aromatic ring is 1. The molecular weight excluding hydrogens is 193 g/mol. The van der Waals surface area contributed by atoms with Crippen molar-refractivity contribution in [2.24, 2.45) is 5.92 Å². The lowest BCUT2D eigenvalue weighted by Gasteiger charge is -2.31. The zero-order chi connectivity index (χ0) is 10.8. The molecule has 2 N–H and O–H groups in total. The van der Waals surface area contributed by atoms with E-state index < -0.39 is 0 Å². The minimum atomic E-state index is -0.373. The molecule has 0 unspecified atom stereocenters. The van der Waals surface area contributed by atoms with Gasteiger partial charge in [0.2, 0.25) is 0 Å². The summed E-state index contributed by atoms with van der Waals surface area (Å²) < 4.78 is 12.8. The van der Waals surface area contributed by atoms with Crippen LogP contribution in [0.25, 0.3) is 0 Å². The lowest BCUT2D eigenvalue weighted by molar-refractivity contribution is 0.436. The van der Waals surface area contributed by atoms with Crippen LogP contribution in [-0.4, -0.2) is 18.1 Å². The molecule has 1 aliphatic heterocycles. The Hall–Kier alpha value is -1.32. The topological polar surface area (TPSA) is 42.2 Å². The van der Waals surface area contributed by atoms with Crippen LogP contribution in [0.4, 0.5) is 15.9 Å². The molecule has 0 saturated carbocycles. The highest BCUT2D eigenvalue weighted by atomic mass is 19.1. The highest BCUT2D eigenvalue weighted by Crippen LogP contribution is 2.25. The Labute approximate surface area is 89.1 Å². The third-order valence-electron chi connectivity index (χ3n) is 2.94. The molecule has 1 saturated heterocycles. The first-order valence-corrected chi connectivity index (χ1v) is 5.33. The molecule has 82 valence electrons. The molecule has 1 aliphatic rings. The molecule has 0 spiro atoms. The fourth-order valence-corrected chi connectivity index (χ4v) is 1.93. The number of nitrogens with zero attached hydrogens (tertiary/aromatic N) is 2. The van der Waals surface area contributed by atoms with Crippen molar-refractivity contribution in [2.45, 2.75) is 19.8 Å². The van der Waals surface area contributed by atoms with Crippen LogP contribution < -0.4 is 10.6 Å². The molecule has 4 heteroatoms. The quantitative estimate of drug-likeness (QED) is 0.769. The van der Waals surface area contributed by atoms with E-state index in [2.05, 4.69) is 16.8 Å². The van der Waals surface area contributed by atoms with Crippen molar-refractivity contribution >= 4 is 11.5 Å². The number of halogens is 1. The molecule has 15 heavy (non-hydrogen) atoms. The summed E-state index contributed by atoms with van der Waals surface area (Å²) in [4.78, 5) is 6.19. The predicted molar refractivity (Wildman–Crippen MR) is 59.2 cm³/mol. The summed E-state index contributed by atoms with van der Waals surface area (Å²) in [5, 5.41) is 0. The Balaban J connectivity index is 2.15. The summed E-state index contributed by atoms with van der Waals surface area (Å²) >= 11 is 0. The van der Waals surface area contributed by atoms with Crippen LogP contribution in [0.2, 0.25) is 0 Å². The van der Waals surface area contributed by atoms with Gasteiger partial charge in [0.05, 0.1) is 11.9 Å². The van der Waals surface area contributed by atoms with Gasteiger partial charge in [0.25, 0.3) is 0 Å². The zero-order valence-electron chi connectivity index (χ0n) is 8.91. The third kappa shape index (κ3) is 2.19. The van der Waals surface area contributed by atoms with E-state index in [4.69, 9.17) is 5.73 Å². The van der Waals surface area contributed by atoms with Gasteiger partial charge in [-0.2, -0.15) is 0 Å². The summed E-state index contributed by atoms with van der Waals surface area (Å²) in [6.07, 6.45) is 3.53. The minimum absolute atomic E-state index is 0.373. The molecule has 0 aliphatic carbocycles. The first-order valence-electron chi connectivity index (χ1n) is 5.33. The molecule has 0 radical (unpaired) electrons. The van der Waals surface area contributed by atoms with Crippen molar-refractivity contribution in [1.82, 2.24) is 4.98 Å². The van der Waals surface area contributed by atoms with E-state index in [1.165, 1.54) is 12.3 Å². The molecule has 0 amide bonds. The minimum Gasteiger partial charge on any atom is -0.396 e. The van der Waals surface area contributed by atoms with Gasteiger partial charge >= 0.3 is 0 Å². The molecule has 3 nitrogen and oxygen atoms in total. The van der Waals surface area contributed by atoms with Gasteiger partial charge in [-0.1, -0.05) is 6.92 Å². The van der Waals surface area contributed by atoms with Gasteiger partial charge in [-0.25, -0.2) is 9.37 Å². The van der Waals surface area contributed by atoms with Gasteiger partial charge in [0.15, 0.2) is 5.82 Å². The fourth-order valence-electron chi connectivity index (χ4n) is 1.93. The van der Waals surface area contributed by atoms with E-state index in [0.717, 1.165) is 37.7 Å². The second-order valence-electron chi connectivity index (χ2n) is 4.24. The SMILES string of the molecule is CC1CCN(c2ncc(F)cc2N)CC1. The van der Waals surface area contributed by atoms with E-state index in [0.29, 0.717) is 5.69 Å². The molecule has 0 aromatic carbocycles. The van der Waals surface area contributed by atoms with Crippen molar-refractivity contribution in [3.63, 3.8) is 0 Å². The van der Waals surface area contributed by atoms with E-state index in [1.807, 2.05) is 0 Å². The van der Waals surface area contributed by atoms with Crippen molar-refractivity contribution in [3.05, 3.63) is 18.1 Å². The van der Waals surface area contributed by atoms with Crippen LogP contribution in [0.5, 0.6) is 0 Å². The molecule has 0 atom stereocenters. The lowest BCUT2D eigenvalue weighted by atomic mass is 9.99. The average molecular weight is 209 g/mol. The average Bonchev–Trinajstić information content (AvgIpc) is 2.20. The Kier molecular flexibility index (Phi) is 2.75. The van der Waals surface area contributed by atoms with Gasteiger partial charge in [-0.3, -0.25) is 0 Å². The maximum Gasteiger partial charge on any atom is 0.151 e. The predicted octanol–water partition coefficient (Wildman–Crippen LogP) is 2.04. The molecule has 1 aromatic heterocycles. The van der Waals surface area contributed by atoms with Crippen LogP contribution in [0.3, 0.4) is 0 Å². The highest BCUT2D eigenvalue weighted by molar-refractivity contribution is 5.62. The fraction of sp³-hybridized carbons (Fsp3) is 0.545. The summed E-state index contributed by atoms with van der Waals surface area (Å²) in [6, 6.07) is 1.33. The van der Waals surface area contributed by atoms with Gasteiger partial charge in [-0.15, -0.1) is 0 Å². The Morgan fingerprint density at radius 1 is 1.47 bits per heavy atom. The summed E-state index contributed by atoms with van der Waals surface area (Å²) in [7, 11) is 0. The van der Waals surface area contributed by atoms with Crippen molar-refractivity contribution in [2.75, 3.05) is 23.7 Å². The Morgan fingerprint density at radius 3 is 2.73 bits per heavy atom. The smallest absolute Gasteiger partial charge is 0.151 e. The number of aromatic nitrogens is 1. The summed E-state index contributed by atoms with van der Waals surface area (Å²) in [5.74, 6) is 1.12. The number of rotatable bonds is 1. The number of pyridine rings is 1. The molecule has 1 fully saturated rings. The largest absolute Gasteiger partial charge is 0.396 e. The Bertz CT molecular complexity index is 346. The van der Waals surface area contributed by atoms with Gasteiger partial charge in [0, 0.05) is 19.2 Å². The van der Waals surface area contributed by atoms with E-state index in [9.17, 15) is 4.39 Å². The maximum absolute atomic E-state index is 12.8. The van der Waals surface area contributed by atoms with Crippen LogP contribution in [0, 0.1) is 11.7 Å². The highest BCUT2D eigenvalue weighted by Gasteiger charge is 2.18. The third-order valence-corrected chi connectivity index (χ3v) is 2.94. The van der Waals surface area contributed by atoms with Crippen LogP contribution in [0.1, 0.15) is 19.8 Å². The van der Waals surface area contributed by atoms with Crippen LogP contribution in [0.15, 0.2) is 12.3 Å². The number of nitrogens with two attached hydrogens (primary N) is 1. The lowest BCUT2D eigenvalue weighted by Crippen LogP contribution is -2.33. The zero-order valence-corrected chi connectivity index (χ0v) is 8.91. The molecule has 1 aromatic rings. The van der Waals surface area contributed by atoms with Crippen molar-refractivity contribution < 1.29 is 4.39 Å². The number of piperidine rings is 1. The first-order chi connectivity index (χ1) is 7.16. The molecule has 2 heterocycles. The molecule has 2 rings (SSSR count). The van der Waals surface area contributed by atoms with Crippen molar-refractivity contribution in [3.8, 4) is 0 Å². The van der Waals surface area contributed by atoms with Gasteiger partial charge in [-0.05, 0) is 18.8 Å². The number of hydrogen-bond donors (Lipinski definition) is 1. The standard InChI is InChI=1S/C11H16FN3/c1-8-2-4-15(5-3-8)11-10(13)6-9(12)7-14-11/h6-8H,2-5,13H2,1H3. The van der Waals surface area contributed by atoms with Crippen LogP contribution in [-0.2, 0) is 0 Å². The van der Waals surface area contributed by atoms with E-state index in [1.54, 1.807) is 0 Å². The summed E-state index contributed by atoms with van der Waals surface area (Å²) in [6.45, 7) is 4.17. The number of hydrogen-bond acceptors (Lipinski definition) is 3. The number of anilines is 2. The molecule has 0 bridgehead atoms. The normalized spacial score (nSPS) is 18.1. The monoisotopic (exact) mass is 209 g/mol. The summed E-state index contributed by atoms with van der Waals surface area (Å²) in [5.41, 5.74) is 6.18. The second kappa shape index (κ2) is 4.04. The van der Waals surface area contributed by atoms with Gasteiger partial charge < -0.3 is 10.6 Å². The maximum atomic E-state index is 12.8. The first kappa shape index (κ1) is 10.2. The molecular formula is C11H16FN3. The van der Waals surface area contributed by atoms with Crippen LogP contribution >= 0.6 is 0 Å². The Morgan fingerprint density at radius 2 is 2.13 bits per heavy atom. The second-order valence-corrected chi connectivity index (χ2v) is 4.24. The van der Waals surface area contributed by atoms with Crippen molar-refractivity contribution in [1.29, 1.82) is 0 Å². The van der Waals surface area contributed by atoms with Gasteiger partial charge in [0.1, 0.15) is 5.82 Å². The van der Waals surface area contributed by atoms with E-state index >= 15 is 0 Å². The van der Waals surface area contributed by atoms with E-state index in [-0.39, 0.29) is 5.82 Å².